The molecule has 2 rings (SSSR count). The predicted molar refractivity (Wildman–Crippen MR) is 74.4 cm³/mol. The summed E-state index contributed by atoms with van der Waals surface area (Å²) in [5.74, 6) is -1.77. The number of carboxylic acids is 1. The molecule has 0 saturated carbocycles. The minimum absolute atomic E-state index is 0.0361. The zero-order chi connectivity index (χ0) is 14.9. The number of ether oxygens (including phenoxy) is 1. The molecule has 0 saturated heterocycles. The Morgan fingerprint density at radius 3 is 2.40 bits per heavy atom. The van der Waals surface area contributed by atoms with Crippen molar-refractivity contribution in [1.29, 1.82) is 0 Å². The van der Waals surface area contributed by atoms with E-state index < -0.39 is 17.3 Å². The maximum Gasteiger partial charge on any atom is 0.342 e. The lowest BCUT2D eigenvalue weighted by molar-refractivity contribution is 0.0689. The highest BCUT2D eigenvalue weighted by molar-refractivity contribution is 6.30. The Labute approximate surface area is 120 Å². The number of hydrogen-bond acceptors (Lipinski definition) is 2. The Morgan fingerprint density at radius 2 is 1.85 bits per heavy atom. The van der Waals surface area contributed by atoms with Crippen molar-refractivity contribution in [3.05, 3.63) is 57.9 Å². The second-order valence-corrected chi connectivity index (χ2v) is 4.83. The van der Waals surface area contributed by atoms with Gasteiger partial charge in [0.05, 0.1) is 0 Å². The molecule has 0 heterocycles. The number of hydrogen-bond donors (Lipinski definition) is 1. The number of carbonyl (C=O) groups is 1. The molecule has 5 heteroatoms. The number of carboxylic acid groups (broad SMARTS) is 1. The standard InChI is InChI=1S/C15H12ClFO3/c1-8-6-10(16)7-9(2)14(8)20-12-5-3-4-11(17)13(12)15(18)19/h3-7H,1-2H3,(H,18,19). The van der Waals surface area contributed by atoms with Crippen molar-refractivity contribution in [1.82, 2.24) is 0 Å². The van der Waals surface area contributed by atoms with Crippen LogP contribution in [-0.4, -0.2) is 11.1 Å². The van der Waals surface area contributed by atoms with Gasteiger partial charge in [0.2, 0.25) is 0 Å². The van der Waals surface area contributed by atoms with Crippen molar-refractivity contribution in [3.8, 4) is 11.5 Å². The summed E-state index contributed by atoms with van der Waals surface area (Å²) < 4.78 is 19.2. The fourth-order valence-corrected chi connectivity index (χ4v) is 2.29. The Morgan fingerprint density at radius 1 is 1.25 bits per heavy atom. The number of rotatable bonds is 3. The van der Waals surface area contributed by atoms with E-state index in [0.717, 1.165) is 17.2 Å². The first-order valence-corrected chi connectivity index (χ1v) is 6.24. The number of halogens is 2. The van der Waals surface area contributed by atoms with Crippen molar-refractivity contribution in [2.24, 2.45) is 0 Å². The van der Waals surface area contributed by atoms with Gasteiger partial charge in [0.1, 0.15) is 22.9 Å². The second kappa shape index (κ2) is 5.51. The van der Waals surface area contributed by atoms with Crippen molar-refractivity contribution in [2.75, 3.05) is 0 Å². The highest BCUT2D eigenvalue weighted by atomic mass is 35.5. The van der Waals surface area contributed by atoms with Gasteiger partial charge in [-0.2, -0.15) is 0 Å². The number of aryl methyl sites for hydroxylation is 2. The van der Waals surface area contributed by atoms with Gasteiger partial charge in [0.25, 0.3) is 0 Å². The van der Waals surface area contributed by atoms with E-state index in [1.165, 1.54) is 12.1 Å². The topological polar surface area (TPSA) is 46.5 Å². The average molecular weight is 295 g/mol. The highest BCUT2D eigenvalue weighted by Gasteiger charge is 2.18. The third kappa shape index (κ3) is 2.75. The molecule has 104 valence electrons. The van der Waals surface area contributed by atoms with E-state index >= 15 is 0 Å². The smallest absolute Gasteiger partial charge is 0.342 e. The summed E-state index contributed by atoms with van der Waals surface area (Å²) >= 11 is 5.92. The van der Waals surface area contributed by atoms with Crippen LogP contribution in [0.2, 0.25) is 5.02 Å². The van der Waals surface area contributed by atoms with E-state index in [4.69, 9.17) is 21.4 Å². The van der Waals surface area contributed by atoms with Crippen LogP contribution >= 0.6 is 11.6 Å². The van der Waals surface area contributed by atoms with Crippen LogP contribution in [0.4, 0.5) is 4.39 Å². The van der Waals surface area contributed by atoms with Crippen molar-refractivity contribution in [2.45, 2.75) is 13.8 Å². The SMILES string of the molecule is Cc1cc(Cl)cc(C)c1Oc1cccc(F)c1C(=O)O. The first-order valence-electron chi connectivity index (χ1n) is 5.86. The van der Waals surface area contributed by atoms with Crippen molar-refractivity contribution in [3.63, 3.8) is 0 Å². The van der Waals surface area contributed by atoms with E-state index in [9.17, 15) is 9.18 Å². The predicted octanol–water partition coefficient (Wildman–Crippen LogP) is 4.59. The molecule has 2 aromatic carbocycles. The molecule has 0 aliphatic heterocycles. The molecular weight excluding hydrogens is 283 g/mol. The Bertz CT molecular complexity index is 660. The minimum atomic E-state index is -1.37. The molecule has 2 aromatic rings. The monoisotopic (exact) mass is 294 g/mol. The normalized spacial score (nSPS) is 10.4. The molecule has 0 bridgehead atoms. The van der Waals surface area contributed by atoms with Crippen LogP contribution in [0, 0.1) is 19.7 Å². The summed E-state index contributed by atoms with van der Waals surface area (Å²) in [6.45, 7) is 3.57. The van der Waals surface area contributed by atoms with Gasteiger partial charge in [-0.1, -0.05) is 17.7 Å². The van der Waals surface area contributed by atoms with Crippen LogP contribution in [0.1, 0.15) is 21.5 Å². The van der Waals surface area contributed by atoms with Gasteiger partial charge in [-0.05, 0) is 49.2 Å². The summed E-state index contributed by atoms with van der Waals surface area (Å²) in [5.41, 5.74) is 1.01. The molecule has 0 spiro atoms. The van der Waals surface area contributed by atoms with Crippen molar-refractivity contribution >= 4 is 17.6 Å². The fourth-order valence-electron chi connectivity index (χ4n) is 1.97. The van der Waals surface area contributed by atoms with Crippen LogP contribution < -0.4 is 4.74 Å². The van der Waals surface area contributed by atoms with Gasteiger partial charge in [-0.3, -0.25) is 0 Å². The summed E-state index contributed by atoms with van der Waals surface area (Å²) in [4.78, 5) is 11.1. The van der Waals surface area contributed by atoms with Crippen LogP contribution in [0.25, 0.3) is 0 Å². The number of aromatic carboxylic acids is 1. The van der Waals surface area contributed by atoms with E-state index in [1.54, 1.807) is 26.0 Å². The van der Waals surface area contributed by atoms with Crippen LogP contribution in [0.5, 0.6) is 11.5 Å². The molecule has 0 aliphatic carbocycles. The first-order chi connectivity index (χ1) is 9.40. The lowest BCUT2D eigenvalue weighted by Gasteiger charge is -2.14. The Balaban J connectivity index is 2.51. The van der Waals surface area contributed by atoms with Gasteiger partial charge in [0.15, 0.2) is 0 Å². The largest absolute Gasteiger partial charge is 0.477 e. The molecule has 0 amide bonds. The molecule has 0 aromatic heterocycles. The lowest BCUT2D eigenvalue weighted by Crippen LogP contribution is -2.04. The summed E-state index contributed by atoms with van der Waals surface area (Å²) in [7, 11) is 0. The minimum Gasteiger partial charge on any atom is -0.477 e. The zero-order valence-corrected chi connectivity index (χ0v) is 11.7. The lowest BCUT2D eigenvalue weighted by atomic mass is 10.1. The maximum atomic E-state index is 13.6. The average Bonchev–Trinajstić information content (AvgIpc) is 2.33. The Hall–Kier alpha value is -2.07. The van der Waals surface area contributed by atoms with Crippen LogP contribution in [0.15, 0.2) is 30.3 Å². The molecular formula is C15H12ClFO3. The van der Waals surface area contributed by atoms with E-state index in [2.05, 4.69) is 0 Å². The van der Waals surface area contributed by atoms with Gasteiger partial charge in [-0.15, -0.1) is 0 Å². The second-order valence-electron chi connectivity index (χ2n) is 4.39. The summed E-state index contributed by atoms with van der Waals surface area (Å²) in [6.07, 6.45) is 0. The zero-order valence-electron chi connectivity index (χ0n) is 10.9. The van der Waals surface area contributed by atoms with E-state index in [-0.39, 0.29) is 5.75 Å². The molecule has 0 unspecified atom stereocenters. The van der Waals surface area contributed by atoms with E-state index in [1.807, 2.05) is 0 Å². The van der Waals surface area contributed by atoms with Crippen LogP contribution in [0.3, 0.4) is 0 Å². The molecule has 1 N–H and O–H groups in total. The fraction of sp³-hybridized carbons (Fsp3) is 0.133. The third-order valence-electron chi connectivity index (χ3n) is 2.83. The van der Waals surface area contributed by atoms with Crippen molar-refractivity contribution < 1.29 is 19.0 Å². The maximum absolute atomic E-state index is 13.6. The summed E-state index contributed by atoms with van der Waals surface area (Å²) in [5, 5.41) is 9.63. The molecule has 0 radical (unpaired) electrons. The van der Waals surface area contributed by atoms with Crippen LogP contribution in [-0.2, 0) is 0 Å². The molecule has 0 atom stereocenters. The molecule has 0 aliphatic rings. The van der Waals surface area contributed by atoms with Gasteiger partial charge in [0, 0.05) is 5.02 Å². The molecule has 20 heavy (non-hydrogen) atoms. The Kier molecular flexibility index (Phi) is 3.95. The quantitative estimate of drug-likeness (QED) is 0.901. The third-order valence-corrected chi connectivity index (χ3v) is 3.04. The number of benzene rings is 2. The summed E-state index contributed by atoms with van der Waals surface area (Å²) in [6, 6.07) is 7.29. The van der Waals surface area contributed by atoms with Gasteiger partial charge < -0.3 is 9.84 Å². The first kappa shape index (κ1) is 14.3. The van der Waals surface area contributed by atoms with Gasteiger partial charge in [-0.25, -0.2) is 9.18 Å². The highest BCUT2D eigenvalue weighted by Crippen LogP contribution is 2.33. The molecule has 0 fully saturated rings. The molecule has 3 nitrogen and oxygen atoms in total. The van der Waals surface area contributed by atoms with E-state index in [0.29, 0.717) is 10.8 Å². The van der Waals surface area contributed by atoms with Gasteiger partial charge >= 0.3 is 5.97 Å².